The average molecular weight is 348 g/mol. The highest BCUT2D eigenvalue weighted by Gasteiger charge is 2.27. The summed E-state index contributed by atoms with van der Waals surface area (Å²) < 4.78 is 27.9. The molecule has 9 heteroatoms. The Morgan fingerprint density at radius 2 is 1.87 bits per heavy atom. The van der Waals surface area contributed by atoms with Gasteiger partial charge in [0.25, 0.3) is 0 Å². The zero-order valence-corrected chi connectivity index (χ0v) is 15.1. The van der Waals surface area contributed by atoms with Crippen LogP contribution in [0.25, 0.3) is 0 Å². The van der Waals surface area contributed by atoms with Crippen LogP contribution in [0.15, 0.2) is 4.99 Å². The fourth-order valence-electron chi connectivity index (χ4n) is 2.15. The number of hydrogen-bond donors (Lipinski definition) is 3. The van der Waals surface area contributed by atoms with Gasteiger partial charge in [-0.3, -0.25) is 4.99 Å². The first-order valence-corrected chi connectivity index (χ1v) is 9.55. The molecule has 0 spiro atoms. The van der Waals surface area contributed by atoms with Gasteiger partial charge < -0.3 is 20.7 Å². The molecule has 1 fully saturated rings. The predicted molar refractivity (Wildman–Crippen MR) is 90.4 cm³/mol. The molecule has 3 N–H and O–H groups in total. The maximum absolute atomic E-state index is 11.5. The number of carbonyl (C=O) groups excluding carboxylic acids is 1. The second-order valence-corrected chi connectivity index (χ2v) is 8.81. The standard InChI is InChI=1S/C14H28N4O4S/c1-14(2,3)22-13(19)17-7-6-16-12(15-4)18-9-11-5-8-23(20,21)10-11/h11H,5-10H2,1-4H3,(H,17,19)(H2,15,16,18). The van der Waals surface area contributed by atoms with Gasteiger partial charge in [0, 0.05) is 26.7 Å². The maximum atomic E-state index is 11.5. The number of carbonyl (C=O) groups is 1. The van der Waals surface area contributed by atoms with E-state index in [0.717, 1.165) is 0 Å². The highest BCUT2D eigenvalue weighted by Crippen LogP contribution is 2.17. The molecule has 0 radical (unpaired) electrons. The summed E-state index contributed by atoms with van der Waals surface area (Å²) >= 11 is 0. The van der Waals surface area contributed by atoms with Crippen molar-refractivity contribution in [2.75, 3.05) is 38.2 Å². The number of nitrogens with zero attached hydrogens (tertiary/aromatic N) is 1. The first kappa shape index (κ1) is 19.5. The van der Waals surface area contributed by atoms with Crippen molar-refractivity contribution in [3.05, 3.63) is 0 Å². The normalized spacial score (nSPS) is 20.9. The number of amides is 1. The van der Waals surface area contributed by atoms with Crippen LogP contribution in [0.1, 0.15) is 27.2 Å². The smallest absolute Gasteiger partial charge is 0.407 e. The molecule has 1 aliphatic heterocycles. The van der Waals surface area contributed by atoms with Crippen LogP contribution in [0.2, 0.25) is 0 Å². The van der Waals surface area contributed by atoms with E-state index in [2.05, 4.69) is 20.9 Å². The Morgan fingerprint density at radius 1 is 1.22 bits per heavy atom. The van der Waals surface area contributed by atoms with Crippen molar-refractivity contribution in [3.8, 4) is 0 Å². The first-order valence-electron chi connectivity index (χ1n) is 7.73. The van der Waals surface area contributed by atoms with E-state index in [-0.39, 0.29) is 17.4 Å². The second-order valence-electron chi connectivity index (χ2n) is 6.58. The predicted octanol–water partition coefficient (Wildman–Crippen LogP) is 0.111. The quantitative estimate of drug-likeness (QED) is 0.370. The third kappa shape index (κ3) is 8.63. The van der Waals surface area contributed by atoms with Crippen LogP contribution in [0, 0.1) is 5.92 Å². The van der Waals surface area contributed by atoms with Crippen LogP contribution in [0.5, 0.6) is 0 Å². The molecule has 0 aromatic carbocycles. The molecule has 8 nitrogen and oxygen atoms in total. The molecule has 1 rings (SSSR count). The van der Waals surface area contributed by atoms with Crippen molar-refractivity contribution in [3.63, 3.8) is 0 Å². The molecule has 1 aliphatic rings. The molecule has 0 aromatic rings. The zero-order valence-electron chi connectivity index (χ0n) is 14.3. The molecule has 0 saturated carbocycles. The Labute approximate surface area is 138 Å². The minimum Gasteiger partial charge on any atom is -0.444 e. The van der Waals surface area contributed by atoms with Crippen molar-refractivity contribution in [1.29, 1.82) is 0 Å². The summed E-state index contributed by atoms with van der Waals surface area (Å²) in [5.74, 6) is 1.21. The summed E-state index contributed by atoms with van der Waals surface area (Å²) in [5, 5.41) is 8.80. The lowest BCUT2D eigenvalue weighted by atomic mass is 10.1. The van der Waals surface area contributed by atoms with E-state index in [0.29, 0.717) is 32.0 Å². The van der Waals surface area contributed by atoms with Gasteiger partial charge in [0.2, 0.25) is 0 Å². The number of guanidine groups is 1. The number of ether oxygens (including phenoxy) is 1. The molecule has 0 aliphatic carbocycles. The van der Waals surface area contributed by atoms with E-state index in [1.54, 1.807) is 27.8 Å². The number of aliphatic imine (C=N–C) groups is 1. The fourth-order valence-corrected chi connectivity index (χ4v) is 4.02. The molecule has 1 unspecified atom stereocenters. The second kappa shape index (κ2) is 8.37. The average Bonchev–Trinajstić information content (AvgIpc) is 2.75. The van der Waals surface area contributed by atoms with E-state index < -0.39 is 21.5 Å². The van der Waals surface area contributed by atoms with Crippen molar-refractivity contribution in [2.45, 2.75) is 32.8 Å². The third-order valence-corrected chi connectivity index (χ3v) is 5.03. The van der Waals surface area contributed by atoms with Gasteiger partial charge in [0.05, 0.1) is 11.5 Å². The molecular formula is C14H28N4O4S. The number of rotatable bonds is 5. The van der Waals surface area contributed by atoms with Gasteiger partial charge >= 0.3 is 6.09 Å². The molecule has 1 saturated heterocycles. The van der Waals surface area contributed by atoms with Gasteiger partial charge in [-0.2, -0.15) is 0 Å². The third-order valence-electron chi connectivity index (χ3n) is 3.19. The highest BCUT2D eigenvalue weighted by molar-refractivity contribution is 7.91. The van der Waals surface area contributed by atoms with Gasteiger partial charge in [-0.05, 0) is 33.1 Å². The summed E-state index contributed by atoms with van der Waals surface area (Å²) in [4.78, 5) is 15.5. The van der Waals surface area contributed by atoms with Gasteiger partial charge in [0.15, 0.2) is 15.8 Å². The number of sulfone groups is 1. The van der Waals surface area contributed by atoms with E-state index in [4.69, 9.17) is 4.74 Å². The molecule has 134 valence electrons. The summed E-state index contributed by atoms with van der Waals surface area (Å²) in [6.07, 6.45) is 0.227. The summed E-state index contributed by atoms with van der Waals surface area (Å²) in [6.45, 7) is 6.87. The topological polar surface area (TPSA) is 109 Å². The lowest BCUT2D eigenvalue weighted by molar-refractivity contribution is 0.0529. The Bertz CT molecular complexity index is 525. The first-order chi connectivity index (χ1) is 10.6. The molecular weight excluding hydrogens is 320 g/mol. The van der Waals surface area contributed by atoms with Crippen molar-refractivity contribution < 1.29 is 17.9 Å². The van der Waals surface area contributed by atoms with Gasteiger partial charge in [-0.1, -0.05) is 0 Å². The van der Waals surface area contributed by atoms with E-state index in [1.165, 1.54) is 0 Å². The Kier molecular flexibility index (Phi) is 7.11. The van der Waals surface area contributed by atoms with E-state index >= 15 is 0 Å². The molecule has 1 heterocycles. The molecule has 23 heavy (non-hydrogen) atoms. The summed E-state index contributed by atoms with van der Waals surface area (Å²) in [6, 6.07) is 0. The number of nitrogens with one attached hydrogen (secondary N) is 3. The molecule has 1 atom stereocenters. The molecule has 1 amide bonds. The maximum Gasteiger partial charge on any atom is 0.407 e. The highest BCUT2D eigenvalue weighted by atomic mass is 32.2. The summed E-state index contributed by atoms with van der Waals surface area (Å²) in [5.41, 5.74) is -0.517. The van der Waals surface area contributed by atoms with Gasteiger partial charge in [-0.25, -0.2) is 13.2 Å². The zero-order chi connectivity index (χ0) is 17.5. The molecule has 0 bridgehead atoms. The minimum absolute atomic E-state index is 0.124. The van der Waals surface area contributed by atoms with Gasteiger partial charge in [0.1, 0.15) is 5.60 Å². The van der Waals surface area contributed by atoms with E-state index in [1.807, 2.05) is 0 Å². The van der Waals surface area contributed by atoms with Crippen LogP contribution in [-0.2, 0) is 14.6 Å². The fraction of sp³-hybridized carbons (Fsp3) is 0.857. The van der Waals surface area contributed by atoms with Crippen LogP contribution >= 0.6 is 0 Å². The van der Waals surface area contributed by atoms with Gasteiger partial charge in [-0.15, -0.1) is 0 Å². The monoisotopic (exact) mass is 348 g/mol. The lowest BCUT2D eigenvalue weighted by Gasteiger charge is -2.20. The molecule has 0 aromatic heterocycles. The Hall–Kier alpha value is -1.51. The Balaban J connectivity index is 2.19. The SMILES string of the molecule is CN=C(NCCNC(=O)OC(C)(C)C)NCC1CCS(=O)(=O)C1. The summed E-state index contributed by atoms with van der Waals surface area (Å²) in [7, 11) is -1.22. The number of alkyl carbamates (subject to hydrolysis) is 1. The van der Waals surface area contributed by atoms with E-state index in [9.17, 15) is 13.2 Å². The van der Waals surface area contributed by atoms with Crippen LogP contribution in [0.3, 0.4) is 0 Å². The van der Waals surface area contributed by atoms with Crippen molar-refractivity contribution in [2.24, 2.45) is 10.9 Å². The Morgan fingerprint density at radius 3 is 2.39 bits per heavy atom. The lowest BCUT2D eigenvalue weighted by Crippen LogP contribution is -2.43. The van der Waals surface area contributed by atoms with Crippen LogP contribution < -0.4 is 16.0 Å². The largest absolute Gasteiger partial charge is 0.444 e. The number of hydrogen-bond acceptors (Lipinski definition) is 5. The van der Waals surface area contributed by atoms with Crippen molar-refractivity contribution in [1.82, 2.24) is 16.0 Å². The van der Waals surface area contributed by atoms with Crippen molar-refractivity contribution >= 4 is 21.9 Å². The van der Waals surface area contributed by atoms with Crippen LogP contribution in [0.4, 0.5) is 4.79 Å². The van der Waals surface area contributed by atoms with Crippen LogP contribution in [-0.4, -0.2) is 64.3 Å². The minimum atomic E-state index is -2.86.